The highest BCUT2D eigenvalue weighted by atomic mass is 35.5. The van der Waals surface area contributed by atoms with Crippen LogP contribution in [0.2, 0.25) is 0 Å². The number of nitrogens with two attached hydrogens (primary N) is 1. The Hall–Kier alpha value is -0.280. The Labute approximate surface area is 93.2 Å². The molecule has 3 N–H and O–H groups in total. The van der Waals surface area contributed by atoms with Gasteiger partial charge >= 0.3 is 0 Å². The van der Waals surface area contributed by atoms with Crippen LogP contribution in [0.5, 0.6) is 0 Å². The first kappa shape index (κ1) is 16.2. The number of hydrogen-bond donors (Lipinski definition) is 2. The molecule has 0 spiro atoms. The lowest BCUT2D eigenvalue weighted by Crippen LogP contribution is -2.48. The van der Waals surface area contributed by atoms with E-state index in [-0.39, 0.29) is 29.9 Å². The highest BCUT2D eigenvalue weighted by Crippen LogP contribution is 2.02. The van der Waals surface area contributed by atoms with E-state index >= 15 is 0 Å². The Morgan fingerprint density at radius 3 is 2.29 bits per heavy atom. The molecule has 1 amide bonds. The molecular weight excluding hydrogens is 200 g/mol. The summed E-state index contributed by atoms with van der Waals surface area (Å²) in [5, 5.41) is 2.86. The number of nitrogens with one attached hydrogen (secondary N) is 1. The van der Waals surface area contributed by atoms with Gasteiger partial charge in [0.05, 0.1) is 6.04 Å². The minimum Gasteiger partial charge on any atom is -0.350 e. The van der Waals surface area contributed by atoms with Gasteiger partial charge in [-0.2, -0.15) is 0 Å². The Morgan fingerprint density at radius 2 is 1.93 bits per heavy atom. The molecule has 0 heterocycles. The van der Waals surface area contributed by atoms with Crippen molar-refractivity contribution in [3.8, 4) is 0 Å². The molecule has 14 heavy (non-hydrogen) atoms. The standard InChI is InChI=1S/C10H22N2O.ClH/c1-5-6-7-8(11)9(13)12-10(2,3)4;/h8H,5-7,11H2,1-4H3,(H,12,13);1H/t8-;/m1./s1. The van der Waals surface area contributed by atoms with Crippen LogP contribution in [0.1, 0.15) is 47.0 Å². The number of amides is 1. The molecule has 0 aliphatic rings. The van der Waals surface area contributed by atoms with Gasteiger partial charge in [0.1, 0.15) is 0 Å². The van der Waals surface area contributed by atoms with Gasteiger partial charge in [0.2, 0.25) is 5.91 Å². The molecule has 0 aliphatic heterocycles. The summed E-state index contributed by atoms with van der Waals surface area (Å²) >= 11 is 0. The van der Waals surface area contributed by atoms with Gasteiger partial charge in [0.15, 0.2) is 0 Å². The van der Waals surface area contributed by atoms with Gasteiger partial charge in [0.25, 0.3) is 0 Å². The lowest BCUT2D eigenvalue weighted by Gasteiger charge is -2.23. The summed E-state index contributed by atoms with van der Waals surface area (Å²) in [7, 11) is 0. The normalized spacial score (nSPS) is 12.9. The smallest absolute Gasteiger partial charge is 0.237 e. The first-order chi connectivity index (χ1) is 5.87. The van der Waals surface area contributed by atoms with E-state index in [0.29, 0.717) is 0 Å². The molecule has 0 saturated heterocycles. The lowest BCUT2D eigenvalue weighted by atomic mass is 10.1. The van der Waals surface area contributed by atoms with Gasteiger partial charge in [0, 0.05) is 5.54 Å². The van der Waals surface area contributed by atoms with Crippen LogP contribution in [0.3, 0.4) is 0 Å². The molecular formula is C10H23ClN2O. The molecule has 0 saturated carbocycles. The van der Waals surface area contributed by atoms with E-state index in [0.717, 1.165) is 19.3 Å². The van der Waals surface area contributed by atoms with Crippen LogP contribution < -0.4 is 11.1 Å². The predicted molar refractivity (Wildman–Crippen MR) is 62.6 cm³/mol. The maximum atomic E-state index is 11.4. The maximum absolute atomic E-state index is 11.4. The van der Waals surface area contributed by atoms with E-state index in [9.17, 15) is 4.79 Å². The molecule has 0 aromatic rings. The van der Waals surface area contributed by atoms with Crippen LogP contribution in [-0.2, 0) is 4.79 Å². The maximum Gasteiger partial charge on any atom is 0.237 e. The van der Waals surface area contributed by atoms with E-state index in [2.05, 4.69) is 12.2 Å². The van der Waals surface area contributed by atoms with Crippen molar-refractivity contribution in [3.63, 3.8) is 0 Å². The highest BCUT2D eigenvalue weighted by molar-refractivity contribution is 5.85. The van der Waals surface area contributed by atoms with Gasteiger partial charge in [-0.05, 0) is 27.2 Å². The minimum absolute atomic E-state index is 0. The third-order valence-electron chi connectivity index (χ3n) is 1.70. The summed E-state index contributed by atoms with van der Waals surface area (Å²) in [6.45, 7) is 7.96. The summed E-state index contributed by atoms with van der Waals surface area (Å²) in [4.78, 5) is 11.4. The van der Waals surface area contributed by atoms with E-state index in [1.165, 1.54) is 0 Å². The lowest BCUT2D eigenvalue weighted by molar-refractivity contribution is -0.123. The monoisotopic (exact) mass is 222 g/mol. The third kappa shape index (κ3) is 8.32. The zero-order valence-electron chi connectivity index (χ0n) is 9.59. The number of unbranched alkanes of at least 4 members (excludes halogenated alkanes) is 1. The van der Waals surface area contributed by atoms with E-state index in [1.54, 1.807) is 0 Å². The second-order valence-corrected chi connectivity index (χ2v) is 4.49. The van der Waals surface area contributed by atoms with Crippen molar-refractivity contribution in [1.29, 1.82) is 0 Å². The van der Waals surface area contributed by atoms with Gasteiger partial charge in [-0.1, -0.05) is 19.8 Å². The summed E-state index contributed by atoms with van der Waals surface area (Å²) < 4.78 is 0. The molecule has 0 aromatic carbocycles. The summed E-state index contributed by atoms with van der Waals surface area (Å²) in [5.41, 5.74) is 5.52. The number of carbonyl (C=O) groups is 1. The first-order valence-corrected chi connectivity index (χ1v) is 4.94. The molecule has 0 rings (SSSR count). The average molecular weight is 223 g/mol. The second kappa shape index (κ2) is 7.07. The summed E-state index contributed by atoms with van der Waals surface area (Å²) in [6.07, 6.45) is 2.87. The van der Waals surface area contributed by atoms with Gasteiger partial charge in [-0.15, -0.1) is 12.4 Å². The summed E-state index contributed by atoms with van der Waals surface area (Å²) in [6, 6.07) is -0.348. The first-order valence-electron chi connectivity index (χ1n) is 4.94. The topological polar surface area (TPSA) is 55.1 Å². The summed E-state index contributed by atoms with van der Waals surface area (Å²) in [5.74, 6) is -0.0408. The van der Waals surface area contributed by atoms with Crippen LogP contribution in [-0.4, -0.2) is 17.5 Å². The van der Waals surface area contributed by atoms with Crippen LogP contribution >= 0.6 is 12.4 Å². The zero-order chi connectivity index (χ0) is 10.5. The number of hydrogen-bond acceptors (Lipinski definition) is 2. The molecule has 1 atom stereocenters. The van der Waals surface area contributed by atoms with Crippen LogP contribution in [0.4, 0.5) is 0 Å². The van der Waals surface area contributed by atoms with Crippen molar-refractivity contribution >= 4 is 18.3 Å². The molecule has 3 nitrogen and oxygen atoms in total. The predicted octanol–water partition coefficient (Wildman–Crippen LogP) is 1.84. The third-order valence-corrected chi connectivity index (χ3v) is 1.70. The fraction of sp³-hybridized carbons (Fsp3) is 0.900. The second-order valence-electron chi connectivity index (χ2n) is 4.49. The molecule has 0 fully saturated rings. The fourth-order valence-corrected chi connectivity index (χ4v) is 1.02. The highest BCUT2D eigenvalue weighted by Gasteiger charge is 2.18. The number of carbonyl (C=O) groups excluding carboxylic acids is 1. The molecule has 0 bridgehead atoms. The molecule has 0 aliphatic carbocycles. The SMILES string of the molecule is CCCC[C@@H](N)C(=O)NC(C)(C)C.Cl. The number of halogens is 1. The molecule has 0 unspecified atom stereocenters. The Morgan fingerprint density at radius 1 is 1.43 bits per heavy atom. The van der Waals surface area contributed by atoms with Gasteiger partial charge in [-0.25, -0.2) is 0 Å². The molecule has 0 aromatic heterocycles. The van der Waals surface area contributed by atoms with Crippen LogP contribution in [0, 0.1) is 0 Å². The van der Waals surface area contributed by atoms with Crippen molar-refractivity contribution in [1.82, 2.24) is 5.32 Å². The molecule has 4 heteroatoms. The van der Waals surface area contributed by atoms with E-state index in [1.807, 2.05) is 20.8 Å². The molecule has 86 valence electrons. The quantitative estimate of drug-likeness (QED) is 0.763. The Balaban J connectivity index is 0. The zero-order valence-corrected chi connectivity index (χ0v) is 10.4. The van der Waals surface area contributed by atoms with Crippen molar-refractivity contribution in [2.45, 2.75) is 58.5 Å². The molecule has 0 radical (unpaired) electrons. The van der Waals surface area contributed by atoms with Crippen molar-refractivity contribution in [3.05, 3.63) is 0 Å². The van der Waals surface area contributed by atoms with Crippen molar-refractivity contribution in [2.75, 3.05) is 0 Å². The van der Waals surface area contributed by atoms with E-state index < -0.39 is 0 Å². The minimum atomic E-state index is -0.348. The van der Waals surface area contributed by atoms with Crippen LogP contribution in [0.15, 0.2) is 0 Å². The Bertz CT molecular complexity index is 166. The van der Waals surface area contributed by atoms with Gasteiger partial charge < -0.3 is 11.1 Å². The Kier molecular flexibility index (Phi) is 8.16. The van der Waals surface area contributed by atoms with E-state index in [4.69, 9.17) is 5.73 Å². The fourth-order valence-electron chi connectivity index (χ4n) is 1.02. The van der Waals surface area contributed by atoms with Crippen molar-refractivity contribution in [2.24, 2.45) is 5.73 Å². The largest absolute Gasteiger partial charge is 0.350 e. The van der Waals surface area contributed by atoms with Crippen molar-refractivity contribution < 1.29 is 4.79 Å². The van der Waals surface area contributed by atoms with Gasteiger partial charge in [-0.3, -0.25) is 4.79 Å². The number of rotatable bonds is 4. The van der Waals surface area contributed by atoms with Crippen LogP contribution in [0.25, 0.3) is 0 Å². The average Bonchev–Trinajstić information content (AvgIpc) is 1.96.